The summed E-state index contributed by atoms with van der Waals surface area (Å²) in [7, 11) is 0. The molecular formula is C13H19N3. The minimum atomic E-state index is 0.760. The molecule has 0 saturated carbocycles. The molecule has 0 aliphatic rings. The van der Waals surface area contributed by atoms with Crippen molar-refractivity contribution in [3.63, 3.8) is 0 Å². The van der Waals surface area contributed by atoms with Gasteiger partial charge in [0.2, 0.25) is 0 Å². The van der Waals surface area contributed by atoms with E-state index in [1.54, 1.807) is 0 Å². The summed E-state index contributed by atoms with van der Waals surface area (Å²) in [6.45, 7) is 6.48. The molecule has 86 valence electrons. The van der Waals surface area contributed by atoms with E-state index in [1.165, 1.54) is 17.4 Å². The highest BCUT2D eigenvalue weighted by atomic mass is 15.1. The molecule has 1 heterocycles. The number of hydrogen-bond donors (Lipinski definition) is 2. The molecule has 2 N–H and O–H groups in total. The Labute approximate surface area is 96.2 Å². The second-order valence-electron chi connectivity index (χ2n) is 4.61. The summed E-state index contributed by atoms with van der Waals surface area (Å²) in [4.78, 5) is 0. The van der Waals surface area contributed by atoms with E-state index in [0.717, 1.165) is 24.5 Å². The number of aromatic nitrogens is 2. The highest BCUT2D eigenvalue weighted by Gasteiger charge is 2.01. The number of benzene rings is 1. The molecule has 0 aliphatic heterocycles. The molecular weight excluding hydrogens is 198 g/mol. The van der Waals surface area contributed by atoms with E-state index in [4.69, 9.17) is 0 Å². The predicted octanol–water partition coefficient (Wildman–Crippen LogP) is 2.70. The van der Waals surface area contributed by atoms with Crippen LogP contribution in [0.25, 0.3) is 10.9 Å². The summed E-state index contributed by atoms with van der Waals surface area (Å²) in [5, 5.41) is 11.8. The summed E-state index contributed by atoms with van der Waals surface area (Å²) >= 11 is 0. The van der Waals surface area contributed by atoms with Crippen LogP contribution in [0, 0.1) is 5.92 Å². The number of fused-ring (bicyclic) bond motifs is 1. The molecule has 16 heavy (non-hydrogen) atoms. The Morgan fingerprint density at radius 3 is 3.06 bits per heavy atom. The normalized spacial score (nSPS) is 11.4. The average Bonchev–Trinajstić information content (AvgIpc) is 2.72. The fraction of sp³-hybridized carbons (Fsp3) is 0.462. The van der Waals surface area contributed by atoms with Crippen molar-refractivity contribution in [2.45, 2.75) is 26.8 Å². The van der Waals surface area contributed by atoms with Crippen LogP contribution in [0.1, 0.15) is 25.8 Å². The minimum absolute atomic E-state index is 0.760. The second-order valence-corrected chi connectivity index (χ2v) is 4.61. The lowest BCUT2D eigenvalue weighted by molar-refractivity contribution is 0.538. The van der Waals surface area contributed by atoms with Crippen LogP contribution >= 0.6 is 0 Å². The third-order valence-corrected chi connectivity index (χ3v) is 2.78. The Kier molecular flexibility index (Phi) is 3.57. The highest BCUT2D eigenvalue weighted by molar-refractivity contribution is 5.81. The van der Waals surface area contributed by atoms with Gasteiger partial charge in [0, 0.05) is 11.9 Å². The lowest BCUT2D eigenvalue weighted by Gasteiger charge is -2.07. The first kappa shape index (κ1) is 11.1. The van der Waals surface area contributed by atoms with Crippen LogP contribution < -0.4 is 5.32 Å². The lowest BCUT2D eigenvalue weighted by atomic mass is 10.1. The zero-order valence-corrected chi connectivity index (χ0v) is 9.96. The van der Waals surface area contributed by atoms with Gasteiger partial charge in [0.1, 0.15) is 0 Å². The summed E-state index contributed by atoms with van der Waals surface area (Å²) in [5.41, 5.74) is 2.44. The van der Waals surface area contributed by atoms with Crippen LogP contribution in [0.3, 0.4) is 0 Å². The van der Waals surface area contributed by atoms with E-state index in [1.807, 2.05) is 6.20 Å². The van der Waals surface area contributed by atoms with Gasteiger partial charge in [-0.05, 0) is 24.4 Å². The Hall–Kier alpha value is -1.35. The van der Waals surface area contributed by atoms with Gasteiger partial charge < -0.3 is 5.32 Å². The number of hydrogen-bond acceptors (Lipinski definition) is 2. The molecule has 0 saturated heterocycles. The number of nitrogens with one attached hydrogen (secondary N) is 2. The number of rotatable bonds is 5. The third-order valence-electron chi connectivity index (χ3n) is 2.78. The lowest BCUT2D eigenvalue weighted by Crippen LogP contribution is -2.16. The first-order valence-corrected chi connectivity index (χ1v) is 5.89. The minimum Gasteiger partial charge on any atom is -0.313 e. The molecule has 0 unspecified atom stereocenters. The molecule has 0 spiro atoms. The summed E-state index contributed by atoms with van der Waals surface area (Å²) in [5.74, 6) is 0.760. The monoisotopic (exact) mass is 217 g/mol. The topological polar surface area (TPSA) is 40.7 Å². The maximum absolute atomic E-state index is 4.07. The largest absolute Gasteiger partial charge is 0.313 e. The Morgan fingerprint density at radius 2 is 2.25 bits per heavy atom. The number of H-pyrrole nitrogens is 1. The molecule has 1 aromatic carbocycles. The average molecular weight is 217 g/mol. The van der Waals surface area contributed by atoms with E-state index in [2.05, 4.69) is 47.6 Å². The summed E-state index contributed by atoms with van der Waals surface area (Å²) < 4.78 is 0. The van der Waals surface area contributed by atoms with Crippen molar-refractivity contribution in [1.82, 2.24) is 15.5 Å². The van der Waals surface area contributed by atoms with Crippen LogP contribution in [0.4, 0.5) is 0 Å². The molecule has 0 amide bonds. The van der Waals surface area contributed by atoms with Crippen molar-refractivity contribution >= 4 is 10.9 Å². The predicted molar refractivity (Wildman–Crippen MR) is 67.3 cm³/mol. The van der Waals surface area contributed by atoms with Crippen molar-refractivity contribution in [2.24, 2.45) is 5.92 Å². The quantitative estimate of drug-likeness (QED) is 0.756. The molecule has 0 bridgehead atoms. The molecule has 0 fully saturated rings. The van der Waals surface area contributed by atoms with Gasteiger partial charge in [0.05, 0.1) is 11.7 Å². The smallest absolute Gasteiger partial charge is 0.0695 e. The molecule has 2 rings (SSSR count). The van der Waals surface area contributed by atoms with E-state index in [9.17, 15) is 0 Å². The van der Waals surface area contributed by atoms with Gasteiger partial charge in [0.15, 0.2) is 0 Å². The number of aromatic amines is 1. The molecule has 3 nitrogen and oxygen atoms in total. The van der Waals surface area contributed by atoms with Crippen LogP contribution in [0.15, 0.2) is 24.4 Å². The van der Waals surface area contributed by atoms with Crippen molar-refractivity contribution < 1.29 is 0 Å². The van der Waals surface area contributed by atoms with Gasteiger partial charge in [-0.1, -0.05) is 32.0 Å². The molecule has 3 heteroatoms. The van der Waals surface area contributed by atoms with Crippen molar-refractivity contribution in [3.05, 3.63) is 30.0 Å². The molecule has 0 atom stereocenters. The summed E-state index contributed by atoms with van der Waals surface area (Å²) in [6.07, 6.45) is 3.09. The van der Waals surface area contributed by atoms with Gasteiger partial charge in [-0.2, -0.15) is 5.10 Å². The molecule has 0 aliphatic carbocycles. The van der Waals surface area contributed by atoms with Crippen LogP contribution in [-0.2, 0) is 6.54 Å². The highest BCUT2D eigenvalue weighted by Crippen LogP contribution is 2.15. The van der Waals surface area contributed by atoms with Crippen LogP contribution in [-0.4, -0.2) is 16.7 Å². The number of nitrogens with zero attached hydrogens (tertiary/aromatic N) is 1. The van der Waals surface area contributed by atoms with Crippen molar-refractivity contribution in [3.8, 4) is 0 Å². The zero-order valence-electron chi connectivity index (χ0n) is 9.96. The number of para-hydroxylation sites is 1. The van der Waals surface area contributed by atoms with Crippen LogP contribution in [0.2, 0.25) is 0 Å². The van der Waals surface area contributed by atoms with Gasteiger partial charge in [-0.15, -0.1) is 0 Å². The van der Waals surface area contributed by atoms with Gasteiger partial charge in [0.25, 0.3) is 0 Å². The Morgan fingerprint density at radius 1 is 1.38 bits per heavy atom. The third kappa shape index (κ3) is 2.61. The first-order chi connectivity index (χ1) is 7.77. The van der Waals surface area contributed by atoms with E-state index < -0.39 is 0 Å². The van der Waals surface area contributed by atoms with Crippen molar-refractivity contribution in [2.75, 3.05) is 6.54 Å². The molecule has 1 aromatic heterocycles. The fourth-order valence-corrected chi connectivity index (χ4v) is 1.79. The Balaban J connectivity index is 1.96. The van der Waals surface area contributed by atoms with Crippen LogP contribution in [0.5, 0.6) is 0 Å². The van der Waals surface area contributed by atoms with Gasteiger partial charge in [-0.25, -0.2) is 0 Å². The second kappa shape index (κ2) is 5.12. The van der Waals surface area contributed by atoms with E-state index >= 15 is 0 Å². The van der Waals surface area contributed by atoms with Gasteiger partial charge >= 0.3 is 0 Å². The first-order valence-electron chi connectivity index (χ1n) is 5.89. The van der Waals surface area contributed by atoms with Crippen molar-refractivity contribution in [1.29, 1.82) is 0 Å². The fourth-order valence-electron chi connectivity index (χ4n) is 1.79. The molecule has 2 aromatic rings. The van der Waals surface area contributed by atoms with E-state index in [-0.39, 0.29) is 0 Å². The maximum Gasteiger partial charge on any atom is 0.0695 e. The molecule has 0 radical (unpaired) electrons. The van der Waals surface area contributed by atoms with E-state index in [0.29, 0.717) is 0 Å². The SMILES string of the molecule is CC(C)CCNCc1cccc2cn[nH]c12. The standard InChI is InChI=1S/C13H19N3/c1-10(2)6-7-14-8-11-4-3-5-12-9-15-16-13(11)12/h3-5,9-10,14H,6-8H2,1-2H3,(H,15,16). The zero-order chi connectivity index (χ0) is 11.4. The summed E-state index contributed by atoms with van der Waals surface area (Å²) in [6, 6.07) is 6.30. The Bertz CT molecular complexity index is 445. The van der Waals surface area contributed by atoms with Gasteiger partial charge in [-0.3, -0.25) is 5.10 Å². The maximum atomic E-state index is 4.07.